The van der Waals surface area contributed by atoms with Crippen LogP contribution in [0.5, 0.6) is 5.75 Å². The van der Waals surface area contributed by atoms with Crippen LogP contribution < -0.4 is 0 Å². The maximum Gasteiger partial charge on any atom is 0.339 e. The molecule has 0 saturated carbocycles. The maximum atomic E-state index is 10.4. The van der Waals surface area contributed by atoms with Crippen molar-refractivity contribution >= 4 is 29.2 Å². The maximum absolute atomic E-state index is 10.4. The monoisotopic (exact) mass is 236 g/mol. The number of carbonyl (C=O) groups is 1. The Hall–Kier alpha value is -0.930. The molecule has 0 saturated heterocycles. The van der Waals surface area contributed by atoms with E-state index in [-0.39, 0.29) is 15.6 Å². The highest BCUT2D eigenvalue weighted by Crippen LogP contribution is 2.30. The molecule has 0 aliphatic heterocycles. The number of rotatable bonds is 1. The molecule has 0 fully saturated rings. The fraction of sp³-hybridized carbons (Fsp3) is 0.222. The van der Waals surface area contributed by atoms with Gasteiger partial charge in [-0.1, -0.05) is 37.0 Å². The molecule has 0 amide bonds. The van der Waals surface area contributed by atoms with Gasteiger partial charge >= 0.3 is 5.97 Å². The Bertz CT molecular complexity index is 337. The molecule has 78 valence electrons. The Kier molecular flexibility index (Phi) is 5.35. The molecule has 3 nitrogen and oxygen atoms in total. The van der Waals surface area contributed by atoms with Gasteiger partial charge in [0.15, 0.2) is 0 Å². The number of aromatic carboxylic acids is 1. The molecule has 0 heterocycles. The van der Waals surface area contributed by atoms with Crippen molar-refractivity contribution in [1.82, 2.24) is 0 Å². The molecule has 14 heavy (non-hydrogen) atoms. The van der Waals surface area contributed by atoms with E-state index in [2.05, 4.69) is 0 Å². The van der Waals surface area contributed by atoms with E-state index in [4.69, 9.17) is 33.4 Å². The van der Waals surface area contributed by atoms with E-state index in [1.54, 1.807) is 0 Å². The molecular formula is C9H10Cl2O3. The number of carboxylic acid groups (broad SMARTS) is 1. The molecule has 1 aromatic rings. The zero-order valence-electron chi connectivity index (χ0n) is 7.71. The summed E-state index contributed by atoms with van der Waals surface area (Å²) in [5, 5.41) is 17.8. The van der Waals surface area contributed by atoms with Gasteiger partial charge in [-0.25, -0.2) is 4.79 Å². The summed E-state index contributed by atoms with van der Waals surface area (Å²) in [4.78, 5) is 10.4. The molecular weight excluding hydrogens is 227 g/mol. The fourth-order valence-electron chi connectivity index (χ4n) is 0.729. The number of halogens is 2. The standard InChI is InChI=1S/C7H4Cl2O3.C2H6/c8-3-1-4(7(11)12)6(10)5(9)2-3;1-2/h1-2,10H,(H,11,12);1-2H3. The average Bonchev–Trinajstić information content (AvgIpc) is 2.14. The highest BCUT2D eigenvalue weighted by Gasteiger charge is 2.13. The van der Waals surface area contributed by atoms with Crippen LogP contribution in [0.4, 0.5) is 0 Å². The minimum absolute atomic E-state index is 0.0695. The van der Waals surface area contributed by atoms with Gasteiger partial charge in [-0.05, 0) is 12.1 Å². The predicted molar refractivity (Wildman–Crippen MR) is 56.4 cm³/mol. The van der Waals surface area contributed by atoms with E-state index in [0.717, 1.165) is 6.07 Å². The number of hydrogen-bond acceptors (Lipinski definition) is 2. The number of hydrogen-bond donors (Lipinski definition) is 2. The van der Waals surface area contributed by atoms with Gasteiger partial charge in [0.05, 0.1) is 5.02 Å². The topological polar surface area (TPSA) is 57.5 Å². The second-order valence-corrected chi connectivity index (χ2v) is 2.93. The van der Waals surface area contributed by atoms with Crippen LogP contribution in [0.15, 0.2) is 12.1 Å². The molecule has 0 spiro atoms. The zero-order valence-corrected chi connectivity index (χ0v) is 9.23. The minimum Gasteiger partial charge on any atom is -0.505 e. The summed E-state index contributed by atoms with van der Waals surface area (Å²) in [6, 6.07) is 2.40. The number of carboxylic acids is 1. The fourth-order valence-corrected chi connectivity index (χ4v) is 1.22. The van der Waals surface area contributed by atoms with Crippen molar-refractivity contribution < 1.29 is 15.0 Å². The highest BCUT2D eigenvalue weighted by molar-refractivity contribution is 6.36. The molecule has 1 aromatic carbocycles. The van der Waals surface area contributed by atoms with Crippen LogP contribution in [0.2, 0.25) is 10.0 Å². The van der Waals surface area contributed by atoms with E-state index in [1.807, 2.05) is 13.8 Å². The lowest BCUT2D eigenvalue weighted by molar-refractivity contribution is 0.0693. The normalized spacial score (nSPS) is 8.86. The zero-order chi connectivity index (χ0) is 11.3. The quantitative estimate of drug-likeness (QED) is 0.786. The molecule has 0 radical (unpaired) electrons. The molecule has 1 rings (SSSR count). The van der Waals surface area contributed by atoms with Crippen molar-refractivity contribution in [1.29, 1.82) is 0 Å². The van der Waals surface area contributed by atoms with Gasteiger partial charge in [0, 0.05) is 5.02 Å². The Morgan fingerprint density at radius 3 is 2.21 bits per heavy atom. The van der Waals surface area contributed by atoms with Crippen molar-refractivity contribution in [3.8, 4) is 5.75 Å². The first kappa shape index (κ1) is 13.1. The van der Waals surface area contributed by atoms with E-state index in [1.165, 1.54) is 6.07 Å². The van der Waals surface area contributed by atoms with Crippen LogP contribution in [0, 0.1) is 0 Å². The number of phenols is 1. The molecule has 0 bridgehead atoms. The van der Waals surface area contributed by atoms with Gasteiger partial charge in [-0.15, -0.1) is 0 Å². The van der Waals surface area contributed by atoms with Crippen molar-refractivity contribution in [2.75, 3.05) is 0 Å². The lowest BCUT2D eigenvalue weighted by Gasteiger charge is -2.01. The number of benzene rings is 1. The van der Waals surface area contributed by atoms with Crippen molar-refractivity contribution in [3.05, 3.63) is 27.7 Å². The summed E-state index contributed by atoms with van der Waals surface area (Å²) in [5.41, 5.74) is -0.299. The van der Waals surface area contributed by atoms with Crippen LogP contribution >= 0.6 is 23.2 Å². The minimum atomic E-state index is -1.27. The Labute approximate surface area is 91.9 Å². The molecule has 0 aromatic heterocycles. The van der Waals surface area contributed by atoms with Crippen LogP contribution in [0.25, 0.3) is 0 Å². The van der Waals surface area contributed by atoms with Gasteiger partial charge in [0.25, 0.3) is 0 Å². The van der Waals surface area contributed by atoms with Crippen molar-refractivity contribution in [2.45, 2.75) is 13.8 Å². The first-order chi connectivity index (χ1) is 6.52. The average molecular weight is 237 g/mol. The van der Waals surface area contributed by atoms with Crippen molar-refractivity contribution in [3.63, 3.8) is 0 Å². The van der Waals surface area contributed by atoms with Gasteiger partial charge in [0.1, 0.15) is 11.3 Å². The molecule has 0 atom stereocenters. The Morgan fingerprint density at radius 1 is 1.29 bits per heavy atom. The lowest BCUT2D eigenvalue weighted by atomic mass is 10.2. The van der Waals surface area contributed by atoms with Crippen LogP contribution in [-0.4, -0.2) is 16.2 Å². The third-order valence-corrected chi connectivity index (χ3v) is 1.76. The van der Waals surface area contributed by atoms with E-state index in [9.17, 15) is 4.79 Å². The largest absolute Gasteiger partial charge is 0.505 e. The van der Waals surface area contributed by atoms with Crippen LogP contribution in [-0.2, 0) is 0 Å². The molecule has 2 N–H and O–H groups in total. The third-order valence-electron chi connectivity index (χ3n) is 1.26. The van der Waals surface area contributed by atoms with E-state index in [0.29, 0.717) is 0 Å². The summed E-state index contributed by atoms with van der Waals surface area (Å²) in [5.74, 6) is -1.73. The summed E-state index contributed by atoms with van der Waals surface area (Å²) in [7, 11) is 0. The summed E-state index contributed by atoms with van der Waals surface area (Å²) < 4.78 is 0. The predicted octanol–water partition coefficient (Wildman–Crippen LogP) is 3.42. The summed E-state index contributed by atoms with van der Waals surface area (Å²) in [6.07, 6.45) is 0. The van der Waals surface area contributed by atoms with Gasteiger partial charge in [-0.3, -0.25) is 0 Å². The smallest absolute Gasteiger partial charge is 0.339 e. The molecule has 0 aliphatic rings. The van der Waals surface area contributed by atoms with Gasteiger partial charge in [-0.2, -0.15) is 0 Å². The van der Waals surface area contributed by atoms with Gasteiger partial charge < -0.3 is 10.2 Å². The molecule has 5 heteroatoms. The molecule has 0 unspecified atom stereocenters. The first-order valence-electron chi connectivity index (χ1n) is 3.93. The number of aromatic hydroxyl groups is 1. The lowest BCUT2D eigenvalue weighted by Crippen LogP contribution is -1.96. The van der Waals surface area contributed by atoms with E-state index < -0.39 is 11.7 Å². The Morgan fingerprint density at radius 2 is 1.79 bits per heavy atom. The molecule has 0 aliphatic carbocycles. The SMILES string of the molecule is CC.O=C(O)c1cc(Cl)cc(Cl)c1O. The van der Waals surface area contributed by atoms with Crippen LogP contribution in [0.3, 0.4) is 0 Å². The van der Waals surface area contributed by atoms with Gasteiger partial charge in [0.2, 0.25) is 0 Å². The van der Waals surface area contributed by atoms with Crippen LogP contribution in [0.1, 0.15) is 24.2 Å². The first-order valence-corrected chi connectivity index (χ1v) is 4.69. The Balaban J connectivity index is 0.000000791. The van der Waals surface area contributed by atoms with E-state index >= 15 is 0 Å². The third kappa shape index (κ3) is 3.09. The second kappa shape index (κ2) is 5.73. The highest BCUT2D eigenvalue weighted by atomic mass is 35.5. The van der Waals surface area contributed by atoms with Crippen molar-refractivity contribution in [2.24, 2.45) is 0 Å². The summed E-state index contributed by atoms with van der Waals surface area (Å²) in [6.45, 7) is 4.00. The summed E-state index contributed by atoms with van der Waals surface area (Å²) >= 11 is 11.0. The second-order valence-electron chi connectivity index (χ2n) is 2.09.